The molecule has 92 valence electrons. The Morgan fingerprint density at radius 2 is 2.12 bits per heavy atom. The third-order valence-corrected chi connectivity index (χ3v) is 2.93. The minimum absolute atomic E-state index is 0.0633. The van der Waals surface area contributed by atoms with E-state index in [1.54, 1.807) is 18.0 Å². The molecule has 0 aromatic heterocycles. The first-order valence-electron chi connectivity index (χ1n) is 5.41. The number of amidine groups is 1. The fourth-order valence-electron chi connectivity index (χ4n) is 1.99. The summed E-state index contributed by atoms with van der Waals surface area (Å²) in [6.07, 6.45) is 2.12. The molecule has 0 saturated carbocycles. The van der Waals surface area contributed by atoms with Gasteiger partial charge in [0.2, 0.25) is 6.34 Å². The summed E-state index contributed by atoms with van der Waals surface area (Å²) >= 11 is 0. The highest BCUT2D eigenvalue weighted by Crippen LogP contribution is 2.16. The molecule has 1 saturated heterocycles. The number of hydrogen-bond acceptors (Lipinski definition) is 4. The predicted molar refractivity (Wildman–Crippen MR) is 60.0 cm³/mol. The lowest BCUT2D eigenvalue weighted by Gasteiger charge is -2.27. The van der Waals surface area contributed by atoms with Crippen LogP contribution < -0.4 is 0 Å². The Bertz CT molecular complexity index is 429. The van der Waals surface area contributed by atoms with E-state index in [1.807, 2.05) is 0 Å². The number of fused-ring (bicyclic) bond motifs is 1. The maximum atomic E-state index is 11.8. The van der Waals surface area contributed by atoms with Crippen LogP contribution in [0.1, 0.15) is 6.42 Å². The molecule has 2 aliphatic rings. The van der Waals surface area contributed by atoms with E-state index in [2.05, 4.69) is 4.99 Å². The van der Waals surface area contributed by atoms with Gasteiger partial charge in [-0.3, -0.25) is 9.69 Å². The molecule has 1 atom stereocenters. The van der Waals surface area contributed by atoms with Crippen LogP contribution in [0, 0.1) is 0 Å². The zero-order chi connectivity index (χ0) is 12.6. The fourth-order valence-corrected chi connectivity index (χ4v) is 1.99. The van der Waals surface area contributed by atoms with Crippen molar-refractivity contribution < 1.29 is 19.3 Å². The average Bonchev–Trinajstić information content (AvgIpc) is 2.75. The van der Waals surface area contributed by atoms with Gasteiger partial charge in [-0.15, -0.1) is 4.99 Å². The number of rotatable bonds is 3. The second-order valence-corrected chi connectivity index (χ2v) is 4.03. The Morgan fingerprint density at radius 1 is 1.41 bits per heavy atom. The van der Waals surface area contributed by atoms with Gasteiger partial charge >= 0.3 is 6.03 Å². The first-order chi connectivity index (χ1) is 8.07. The van der Waals surface area contributed by atoms with Crippen molar-refractivity contribution in [3.05, 3.63) is 0 Å². The monoisotopic (exact) mass is 239 g/mol. The van der Waals surface area contributed by atoms with Gasteiger partial charge in [-0.1, -0.05) is 0 Å². The molecule has 0 bridgehead atoms. The summed E-state index contributed by atoms with van der Waals surface area (Å²) in [6.45, 7) is 0.605. The molecule has 1 N–H and O–H groups in total. The van der Waals surface area contributed by atoms with Gasteiger partial charge in [0, 0.05) is 20.1 Å². The summed E-state index contributed by atoms with van der Waals surface area (Å²) in [6, 6.07) is -0.984. The molecule has 7 nitrogen and oxygen atoms in total. The Morgan fingerprint density at radius 3 is 2.76 bits per heavy atom. The maximum Gasteiger partial charge on any atom is 0.388 e. The van der Waals surface area contributed by atoms with Crippen molar-refractivity contribution in [1.82, 2.24) is 9.80 Å². The second-order valence-electron chi connectivity index (χ2n) is 4.03. The van der Waals surface area contributed by atoms with Gasteiger partial charge in [-0.25, -0.2) is 14.3 Å². The summed E-state index contributed by atoms with van der Waals surface area (Å²) in [4.78, 5) is 30.2. The van der Waals surface area contributed by atoms with Crippen molar-refractivity contribution in [1.29, 1.82) is 0 Å². The van der Waals surface area contributed by atoms with E-state index >= 15 is 0 Å². The van der Waals surface area contributed by atoms with Crippen LogP contribution in [0.5, 0.6) is 0 Å². The van der Waals surface area contributed by atoms with Crippen LogP contribution in [-0.2, 0) is 4.79 Å². The first-order valence-corrected chi connectivity index (χ1v) is 5.41. The zero-order valence-electron chi connectivity index (χ0n) is 9.83. The molecule has 0 radical (unpaired) electrons. The highest BCUT2D eigenvalue weighted by molar-refractivity contribution is 6.20. The fraction of sp³-hybridized carbons (Fsp3) is 0.600. The van der Waals surface area contributed by atoms with E-state index in [9.17, 15) is 9.59 Å². The standard InChI is InChI=1S/C10H15N4O3/c1-12-8-7(9(16)13(2)10(12)17)11-6-14(8)4-3-5-15/h6-7,15H,3-5H2,1-2H3/q+1. The predicted octanol–water partition coefficient (Wildman–Crippen LogP) is -1.29. The number of hydrogen-bond donors (Lipinski definition) is 1. The molecule has 0 aromatic carbocycles. The normalized spacial score (nSPS) is 23.8. The summed E-state index contributed by atoms with van der Waals surface area (Å²) in [5.74, 6) is 0.261. The topological polar surface area (TPSA) is 76.2 Å². The molecule has 2 rings (SSSR count). The first kappa shape index (κ1) is 11.7. The molecule has 2 aliphatic heterocycles. The molecule has 17 heavy (non-hydrogen) atoms. The van der Waals surface area contributed by atoms with Gasteiger partial charge in [0.15, 0.2) is 0 Å². The molecule has 0 aliphatic carbocycles. The minimum Gasteiger partial charge on any atom is -0.396 e. The van der Waals surface area contributed by atoms with Crippen molar-refractivity contribution in [2.24, 2.45) is 4.99 Å². The highest BCUT2D eigenvalue weighted by atomic mass is 16.3. The van der Waals surface area contributed by atoms with Crippen molar-refractivity contribution in [3.63, 3.8) is 0 Å². The van der Waals surface area contributed by atoms with E-state index in [0.29, 0.717) is 18.8 Å². The summed E-state index contributed by atoms with van der Waals surface area (Å²) in [5, 5.41) is 8.80. The Labute approximate surface area is 98.6 Å². The van der Waals surface area contributed by atoms with Gasteiger partial charge in [0.1, 0.15) is 0 Å². The Kier molecular flexibility index (Phi) is 2.93. The maximum absolute atomic E-state index is 11.8. The van der Waals surface area contributed by atoms with Crippen LogP contribution in [0.2, 0.25) is 0 Å². The number of aliphatic hydroxyl groups is 1. The van der Waals surface area contributed by atoms with Crippen LogP contribution >= 0.6 is 0 Å². The number of carbonyl (C=O) groups excluding carboxylic acids is 2. The Hall–Kier alpha value is -1.76. The van der Waals surface area contributed by atoms with E-state index in [1.165, 1.54) is 11.9 Å². The summed E-state index contributed by atoms with van der Waals surface area (Å²) in [5.41, 5.74) is 0. The van der Waals surface area contributed by atoms with E-state index in [4.69, 9.17) is 5.11 Å². The third-order valence-electron chi connectivity index (χ3n) is 2.93. The average molecular weight is 239 g/mol. The van der Waals surface area contributed by atoms with E-state index in [-0.39, 0.29) is 18.5 Å². The number of urea groups is 1. The summed E-state index contributed by atoms with van der Waals surface area (Å²) < 4.78 is 1.74. The smallest absolute Gasteiger partial charge is 0.388 e. The molecular weight excluding hydrogens is 224 g/mol. The van der Waals surface area contributed by atoms with E-state index < -0.39 is 6.04 Å². The van der Waals surface area contributed by atoms with Crippen molar-refractivity contribution >= 4 is 24.1 Å². The molecule has 2 heterocycles. The van der Waals surface area contributed by atoms with Crippen LogP contribution in [-0.4, -0.2) is 76.9 Å². The number of carbonyl (C=O) groups is 2. The number of imide groups is 1. The van der Waals surface area contributed by atoms with Gasteiger partial charge in [0.25, 0.3) is 17.8 Å². The van der Waals surface area contributed by atoms with Gasteiger partial charge in [-0.2, -0.15) is 0 Å². The molecule has 0 spiro atoms. The van der Waals surface area contributed by atoms with Crippen LogP contribution in [0.3, 0.4) is 0 Å². The molecule has 1 unspecified atom stereocenters. The largest absolute Gasteiger partial charge is 0.396 e. The van der Waals surface area contributed by atoms with Gasteiger partial charge in [-0.05, 0) is 0 Å². The summed E-state index contributed by atoms with van der Waals surface area (Å²) in [7, 11) is 3.07. The van der Waals surface area contributed by atoms with Crippen molar-refractivity contribution in [3.8, 4) is 0 Å². The number of amides is 3. The van der Waals surface area contributed by atoms with Crippen molar-refractivity contribution in [2.45, 2.75) is 12.5 Å². The lowest BCUT2D eigenvalue weighted by Crippen LogP contribution is -2.59. The van der Waals surface area contributed by atoms with Crippen LogP contribution in [0.15, 0.2) is 4.99 Å². The van der Waals surface area contributed by atoms with Crippen LogP contribution in [0.25, 0.3) is 0 Å². The number of aliphatic hydroxyl groups excluding tert-OH is 1. The molecular formula is C10H15N4O3+. The molecule has 7 heteroatoms. The quantitative estimate of drug-likeness (QED) is 0.623. The lowest BCUT2D eigenvalue weighted by atomic mass is 10.2. The Balaban J connectivity index is 2.33. The van der Waals surface area contributed by atoms with Crippen LogP contribution in [0.4, 0.5) is 4.79 Å². The molecule has 1 fully saturated rings. The number of nitrogens with zero attached hydrogens (tertiary/aromatic N) is 4. The lowest BCUT2D eigenvalue weighted by molar-refractivity contribution is -0.402. The van der Waals surface area contributed by atoms with Gasteiger partial charge in [0.05, 0.1) is 13.6 Å². The highest BCUT2D eigenvalue weighted by Gasteiger charge is 2.49. The SMILES string of the molecule is CN1C(=O)C2N=C[N+](CCCO)=C2N(C)C1=O. The number of aliphatic imine (C=N–C) groups is 1. The third kappa shape index (κ3) is 1.72. The van der Waals surface area contributed by atoms with Crippen molar-refractivity contribution in [2.75, 3.05) is 27.2 Å². The van der Waals surface area contributed by atoms with Gasteiger partial charge < -0.3 is 5.11 Å². The zero-order valence-corrected chi connectivity index (χ0v) is 9.83. The number of likely N-dealkylation sites (N-methyl/N-ethyl adjacent to an activating group) is 2. The molecule has 0 aromatic rings. The molecule has 3 amide bonds. The minimum atomic E-state index is -0.624. The van der Waals surface area contributed by atoms with E-state index in [0.717, 1.165) is 4.90 Å². The second kappa shape index (κ2) is 4.25.